The van der Waals surface area contributed by atoms with E-state index in [9.17, 15) is 23.2 Å². The Balaban J connectivity index is 2.76. The van der Waals surface area contributed by atoms with E-state index >= 15 is 0 Å². The van der Waals surface area contributed by atoms with Gasteiger partial charge in [-0.05, 0) is 13.0 Å². The SMILES string of the molecule is CCOC(=O)c1ccc(OCC(F)(F)F)c[n+]1[O-]. The predicted octanol–water partition coefficient (Wildman–Crippen LogP) is 1.44. The average molecular weight is 265 g/mol. The van der Waals surface area contributed by atoms with E-state index in [0.29, 0.717) is 0 Å². The minimum atomic E-state index is -4.49. The highest BCUT2D eigenvalue weighted by Gasteiger charge is 2.29. The second-order valence-electron chi connectivity index (χ2n) is 3.20. The van der Waals surface area contributed by atoms with Gasteiger partial charge in [-0.15, -0.1) is 0 Å². The van der Waals surface area contributed by atoms with Gasteiger partial charge < -0.3 is 14.7 Å². The summed E-state index contributed by atoms with van der Waals surface area (Å²) in [5.41, 5.74) is -0.323. The summed E-state index contributed by atoms with van der Waals surface area (Å²) in [6.45, 7) is 0.144. The summed E-state index contributed by atoms with van der Waals surface area (Å²) in [6.07, 6.45) is -3.76. The Bertz CT molecular complexity index is 434. The second-order valence-corrected chi connectivity index (χ2v) is 3.20. The van der Waals surface area contributed by atoms with Gasteiger partial charge >= 0.3 is 17.8 Å². The Labute approximate surface area is 100 Å². The molecule has 100 valence electrons. The third-order valence-electron chi connectivity index (χ3n) is 1.77. The summed E-state index contributed by atoms with van der Waals surface area (Å²) in [6, 6.07) is 2.13. The molecule has 0 saturated heterocycles. The maximum absolute atomic E-state index is 11.9. The van der Waals surface area contributed by atoms with Crippen LogP contribution in [0.3, 0.4) is 0 Å². The van der Waals surface area contributed by atoms with Crippen molar-refractivity contribution >= 4 is 5.97 Å². The van der Waals surface area contributed by atoms with Crippen LogP contribution in [0.5, 0.6) is 5.75 Å². The van der Waals surface area contributed by atoms with Crippen LogP contribution in [0.25, 0.3) is 0 Å². The number of esters is 1. The zero-order valence-corrected chi connectivity index (χ0v) is 9.36. The standard InChI is InChI=1S/C10H10F3NO4/c1-2-17-9(15)8-4-3-7(5-14(8)16)18-6-10(11,12)13/h3-5H,2,6H2,1H3. The van der Waals surface area contributed by atoms with E-state index in [0.717, 1.165) is 18.3 Å². The third-order valence-corrected chi connectivity index (χ3v) is 1.77. The van der Waals surface area contributed by atoms with Gasteiger partial charge in [0.2, 0.25) is 6.20 Å². The number of carbonyl (C=O) groups excluding carboxylic acids is 1. The van der Waals surface area contributed by atoms with Crippen molar-refractivity contribution in [3.8, 4) is 5.75 Å². The van der Waals surface area contributed by atoms with Crippen molar-refractivity contribution in [2.45, 2.75) is 13.1 Å². The van der Waals surface area contributed by atoms with Crippen molar-refractivity contribution in [3.05, 3.63) is 29.2 Å². The molecule has 0 bridgehead atoms. The van der Waals surface area contributed by atoms with E-state index in [4.69, 9.17) is 0 Å². The first-order chi connectivity index (χ1) is 8.33. The molecule has 1 rings (SSSR count). The molecule has 0 saturated carbocycles. The molecular weight excluding hydrogens is 255 g/mol. The average Bonchev–Trinajstić information content (AvgIpc) is 2.25. The summed E-state index contributed by atoms with van der Waals surface area (Å²) in [5, 5.41) is 11.3. The quantitative estimate of drug-likeness (QED) is 0.469. The van der Waals surface area contributed by atoms with E-state index in [2.05, 4.69) is 9.47 Å². The maximum atomic E-state index is 11.9. The molecule has 0 fully saturated rings. The van der Waals surface area contributed by atoms with Crippen LogP contribution in [0, 0.1) is 5.21 Å². The molecule has 0 aliphatic rings. The van der Waals surface area contributed by atoms with Crippen LogP contribution in [0.1, 0.15) is 17.4 Å². The normalized spacial score (nSPS) is 11.1. The van der Waals surface area contributed by atoms with Gasteiger partial charge in [-0.3, -0.25) is 0 Å². The van der Waals surface area contributed by atoms with E-state index in [-0.39, 0.29) is 22.8 Å². The van der Waals surface area contributed by atoms with Gasteiger partial charge in [-0.1, -0.05) is 0 Å². The number of aromatic nitrogens is 1. The summed E-state index contributed by atoms with van der Waals surface area (Å²) >= 11 is 0. The lowest BCUT2D eigenvalue weighted by Gasteiger charge is -2.09. The summed E-state index contributed by atoms with van der Waals surface area (Å²) < 4.78 is 44.6. The predicted molar refractivity (Wildman–Crippen MR) is 52.9 cm³/mol. The number of rotatable bonds is 4. The molecule has 0 aliphatic heterocycles. The molecular formula is C10H10F3NO4. The molecule has 0 spiro atoms. The van der Waals surface area contributed by atoms with Crippen LogP contribution < -0.4 is 9.47 Å². The molecule has 0 aromatic carbocycles. The topological polar surface area (TPSA) is 62.5 Å². The molecule has 0 aliphatic carbocycles. The number of alkyl halides is 3. The first-order valence-electron chi connectivity index (χ1n) is 4.93. The van der Waals surface area contributed by atoms with Crippen LogP contribution in [0.4, 0.5) is 13.2 Å². The molecule has 0 atom stereocenters. The van der Waals surface area contributed by atoms with Crippen molar-refractivity contribution in [2.75, 3.05) is 13.2 Å². The molecule has 1 aromatic rings. The number of nitrogens with zero attached hydrogens (tertiary/aromatic N) is 1. The van der Waals surface area contributed by atoms with E-state index < -0.39 is 18.8 Å². The van der Waals surface area contributed by atoms with Crippen LogP contribution in [0.15, 0.2) is 18.3 Å². The highest BCUT2D eigenvalue weighted by atomic mass is 19.4. The Morgan fingerprint density at radius 3 is 2.61 bits per heavy atom. The van der Waals surface area contributed by atoms with Crippen LogP contribution in [-0.4, -0.2) is 25.4 Å². The van der Waals surface area contributed by atoms with Gasteiger partial charge in [0.05, 0.1) is 6.61 Å². The molecule has 8 heteroatoms. The lowest BCUT2D eigenvalue weighted by molar-refractivity contribution is -0.608. The molecule has 0 amide bonds. The molecule has 5 nitrogen and oxygen atoms in total. The van der Waals surface area contributed by atoms with Crippen molar-refractivity contribution in [1.29, 1.82) is 0 Å². The van der Waals surface area contributed by atoms with E-state index in [1.807, 2.05) is 0 Å². The molecule has 1 aromatic heterocycles. The molecule has 18 heavy (non-hydrogen) atoms. The number of carbonyl (C=O) groups is 1. The van der Waals surface area contributed by atoms with Gasteiger partial charge in [0, 0.05) is 6.07 Å². The van der Waals surface area contributed by atoms with Crippen LogP contribution >= 0.6 is 0 Å². The van der Waals surface area contributed by atoms with Crippen molar-refractivity contribution in [2.24, 2.45) is 0 Å². The number of pyridine rings is 1. The van der Waals surface area contributed by atoms with E-state index in [1.165, 1.54) is 0 Å². The van der Waals surface area contributed by atoms with Crippen molar-refractivity contribution in [3.63, 3.8) is 0 Å². The monoisotopic (exact) mass is 265 g/mol. The summed E-state index contributed by atoms with van der Waals surface area (Å²) in [7, 11) is 0. The summed E-state index contributed by atoms with van der Waals surface area (Å²) in [4.78, 5) is 11.2. The van der Waals surface area contributed by atoms with Crippen LogP contribution in [-0.2, 0) is 4.74 Å². The first kappa shape index (κ1) is 14.1. The largest absolute Gasteiger partial charge is 0.618 e. The van der Waals surface area contributed by atoms with Crippen molar-refractivity contribution in [1.82, 2.24) is 0 Å². The van der Waals surface area contributed by atoms with Gasteiger partial charge in [-0.25, -0.2) is 4.79 Å². The Morgan fingerprint density at radius 1 is 1.44 bits per heavy atom. The third kappa shape index (κ3) is 4.11. The minimum Gasteiger partial charge on any atom is -0.618 e. The van der Waals surface area contributed by atoms with Gasteiger partial charge in [0.15, 0.2) is 12.4 Å². The van der Waals surface area contributed by atoms with Crippen LogP contribution in [0.2, 0.25) is 0 Å². The molecule has 0 radical (unpaired) electrons. The van der Waals surface area contributed by atoms with E-state index in [1.54, 1.807) is 6.92 Å². The Kier molecular flexibility index (Phi) is 4.35. The second kappa shape index (κ2) is 5.56. The highest BCUT2D eigenvalue weighted by Crippen LogP contribution is 2.17. The number of halogens is 3. The Morgan fingerprint density at radius 2 is 2.11 bits per heavy atom. The number of hydrogen-bond acceptors (Lipinski definition) is 4. The molecule has 0 unspecified atom stereocenters. The molecule has 0 N–H and O–H groups in total. The fraction of sp³-hybridized carbons (Fsp3) is 0.400. The lowest BCUT2D eigenvalue weighted by atomic mass is 10.3. The highest BCUT2D eigenvalue weighted by molar-refractivity contribution is 5.85. The number of ether oxygens (including phenoxy) is 2. The first-order valence-corrected chi connectivity index (χ1v) is 4.93. The maximum Gasteiger partial charge on any atom is 0.422 e. The fourth-order valence-corrected chi connectivity index (χ4v) is 1.08. The number of hydrogen-bond donors (Lipinski definition) is 0. The Hall–Kier alpha value is -1.99. The minimum absolute atomic E-state index is 0.0885. The summed E-state index contributed by atoms with van der Waals surface area (Å²) in [5.74, 6) is -1.13. The molecule has 1 heterocycles. The fourth-order valence-electron chi connectivity index (χ4n) is 1.08. The smallest absolute Gasteiger partial charge is 0.422 e. The van der Waals surface area contributed by atoms with Gasteiger partial charge in [0.25, 0.3) is 0 Å². The van der Waals surface area contributed by atoms with Gasteiger partial charge in [-0.2, -0.15) is 17.9 Å². The lowest BCUT2D eigenvalue weighted by Crippen LogP contribution is -2.35. The zero-order chi connectivity index (χ0) is 13.8. The zero-order valence-electron chi connectivity index (χ0n) is 9.36. The van der Waals surface area contributed by atoms with Gasteiger partial charge in [0.1, 0.15) is 0 Å². The van der Waals surface area contributed by atoms with Crippen molar-refractivity contribution < 1.29 is 32.2 Å².